The smallest absolute Gasteiger partial charge is 0.122 e. The second-order valence-electron chi connectivity index (χ2n) is 4.70. The third-order valence-electron chi connectivity index (χ3n) is 3.51. The van der Waals surface area contributed by atoms with Crippen molar-refractivity contribution in [2.45, 2.75) is 39.5 Å². The number of imidazole rings is 1. The van der Waals surface area contributed by atoms with Gasteiger partial charge in [0.25, 0.3) is 0 Å². The van der Waals surface area contributed by atoms with E-state index >= 15 is 0 Å². The van der Waals surface area contributed by atoms with E-state index in [1.54, 1.807) is 0 Å². The SMILES string of the molecule is CCn1ccnc1CN1CCC(C)C(O)C1. The molecule has 0 saturated carbocycles. The molecule has 2 rings (SSSR count). The van der Waals surface area contributed by atoms with Crippen LogP contribution in [0.2, 0.25) is 0 Å². The van der Waals surface area contributed by atoms with Crippen LogP contribution in [0.25, 0.3) is 0 Å². The monoisotopic (exact) mass is 223 g/mol. The number of rotatable bonds is 3. The first kappa shape index (κ1) is 11.6. The summed E-state index contributed by atoms with van der Waals surface area (Å²) in [7, 11) is 0. The number of hydrogen-bond donors (Lipinski definition) is 1. The summed E-state index contributed by atoms with van der Waals surface area (Å²) in [6.07, 6.45) is 4.76. The number of aliphatic hydroxyl groups excluding tert-OH is 1. The molecule has 4 nitrogen and oxygen atoms in total. The number of aliphatic hydroxyl groups is 1. The molecule has 1 saturated heterocycles. The van der Waals surface area contributed by atoms with Gasteiger partial charge in [0.15, 0.2) is 0 Å². The van der Waals surface area contributed by atoms with E-state index in [0.29, 0.717) is 5.92 Å². The van der Waals surface area contributed by atoms with Crippen LogP contribution >= 0.6 is 0 Å². The molecule has 1 N–H and O–H groups in total. The molecule has 2 unspecified atom stereocenters. The predicted molar refractivity (Wildman–Crippen MR) is 63.0 cm³/mol. The predicted octanol–water partition coefficient (Wildman–Crippen LogP) is 1.11. The number of likely N-dealkylation sites (tertiary alicyclic amines) is 1. The Hall–Kier alpha value is -0.870. The average Bonchev–Trinajstić information content (AvgIpc) is 2.71. The van der Waals surface area contributed by atoms with Gasteiger partial charge >= 0.3 is 0 Å². The number of hydrogen-bond acceptors (Lipinski definition) is 3. The van der Waals surface area contributed by atoms with E-state index in [9.17, 15) is 5.11 Å². The van der Waals surface area contributed by atoms with Crippen molar-refractivity contribution in [3.63, 3.8) is 0 Å². The van der Waals surface area contributed by atoms with Gasteiger partial charge in [-0.3, -0.25) is 4.90 Å². The summed E-state index contributed by atoms with van der Waals surface area (Å²) in [5.41, 5.74) is 0. The van der Waals surface area contributed by atoms with Crippen LogP contribution in [0.15, 0.2) is 12.4 Å². The van der Waals surface area contributed by atoms with Crippen LogP contribution in [0, 0.1) is 5.92 Å². The summed E-state index contributed by atoms with van der Waals surface area (Å²) >= 11 is 0. The molecule has 1 aliphatic rings. The van der Waals surface area contributed by atoms with E-state index in [-0.39, 0.29) is 6.10 Å². The molecule has 0 bridgehead atoms. The fourth-order valence-corrected chi connectivity index (χ4v) is 2.24. The molecule has 1 fully saturated rings. The lowest BCUT2D eigenvalue weighted by Gasteiger charge is -2.33. The van der Waals surface area contributed by atoms with Crippen molar-refractivity contribution in [2.24, 2.45) is 5.92 Å². The first-order chi connectivity index (χ1) is 7.70. The maximum absolute atomic E-state index is 9.83. The van der Waals surface area contributed by atoms with Crippen molar-refractivity contribution in [1.29, 1.82) is 0 Å². The lowest BCUT2D eigenvalue weighted by atomic mass is 9.96. The second kappa shape index (κ2) is 4.97. The fourth-order valence-electron chi connectivity index (χ4n) is 2.24. The van der Waals surface area contributed by atoms with E-state index in [0.717, 1.165) is 38.4 Å². The van der Waals surface area contributed by atoms with Crippen molar-refractivity contribution < 1.29 is 5.11 Å². The third kappa shape index (κ3) is 2.44. The molecule has 1 aromatic rings. The molecule has 0 aliphatic carbocycles. The van der Waals surface area contributed by atoms with Gasteiger partial charge in [-0.05, 0) is 25.8 Å². The Morgan fingerprint density at radius 2 is 2.38 bits per heavy atom. The Labute approximate surface area is 96.9 Å². The van der Waals surface area contributed by atoms with Crippen molar-refractivity contribution in [2.75, 3.05) is 13.1 Å². The molecule has 4 heteroatoms. The highest BCUT2D eigenvalue weighted by molar-refractivity contribution is 4.93. The molecule has 90 valence electrons. The number of β-amino-alcohol motifs (C(OH)–C–C–N with tert-alkyl or cyclic N) is 1. The van der Waals surface area contributed by atoms with Crippen molar-refractivity contribution in [1.82, 2.24) is 14.5 Å². The van der Waals surface area contributed by atoms with E-state index < -0.39 is 0 Å². The zero-order chi connectivity index (χ0) is 11.5. The van der Waals surface area contributed by atoms with Crippen molar-refractivity contribution in [3.8, 4) is 0 Å². The van der Waals surface area contributed by atoms with E-state index in [4.69, 9.17) is 0 Å². The number of nitrogens with zero attached hydrogens (tertiary/aromatic N) is 3. The molecule has 0 aromatic carbocycles. The van der Waals surface area contributed by atoms with Crippen LogP contribution in [0.4, 0.5) is 0 Å². The second-order valence-corrected chi connectivity index (χ2v) is 4.70. The van der Waals surface area contributed by atoms with Gasteiger partial charge in [0.05, 0.1) is 12.6 Å². The van der Waals surface area contributed by atoms with Gasteiger partial charge < -0.3 is 9.67 Å². The van der Waals surface area contributed by atoms with Crippen LogP contribution in [-0.4, -0.2) is 38.8 Å². The summed E-state index contributed by atoms with van der Waals surface area (Å²) in [5, 5.41) is 9.83. The van der Waals surface area contributed by atoms with Gasteiger partial charge in [0.2, 0.25) is 0 Å². The molecular formula is C12H21N3O. The average molecular weight is 223 g/mol. The minimum Gasteiger partial charge on any atom is -0.392 e. The molecule has 0 spiro atoms. The Bertz CT molecular complexity index is 337. The maximum atomic E-state index is 9.83. The first-order valence-electron chi connectivity index (χ1n) is 6.11. The number of piperidine rings is 1. The molecule has 0 radical (unpaired) electrons. The van der Waals surface area contributed by atoms with Crippen LogP contribution in [0.3, 0.4) is 0 Å². The molecule has 1 aliphatic heterocycles. The molecule has 2 heterocycles. The van der Waals surface area contributed by atoms with Crippen molar-refractivity contribution in [3.05, 3.63) is 18.2 Å². The van der Waals surface area contributed by atoms with Crippen LogP contribution in [-0.2, 0) is 13.1 Å². The largest absolute Gasteiger partial charge is 0.392 e. The normalized spacial score (nSPS) is 27.2. The van der Waals surface area contributed by atoms with E-state index in [1.807, 2.05) is 12.4 Å². The summed E-state index contributed by atoms with van der Waals surface area (Å²) < 4.78 is 2.16. The Balaban J connectivity index is 1.95. The lowest BCUT2D eigenvalue weighted by Crippen LogP contribution is -2.42. The number of aromatic nitrogens is 2. The topological polar surface area (TPSA) is 41.3 Å². The Morgan fingerprint density at radius 3 is 3.06 bits per heavy atom. The zero-order valence-electron chi connectivity index (χ0n) is 10.1. The highest BCUT2D eigenvalue weighted by atomic mass is 16.3. The van der Waals surface area contributed by atoms with E-state index in [1.165, 1.54) is 0 Å². The van der Waals surface area contributed by atoms with Crippen LogP contribution in [0.1, 0.15) is 26.1 Å². The summed E-state index contributed by atoms with van der Waals surface area (Å²) in [6, 6.07) is 0. The highest BCUT2D eigenvalue weighted by Gasteiger charge is 2.24. The van der Waals surface area contributed by atoms with Gasteiger partial charge in [-0.25, -0.2) is 4.98 Å². The summed E-state index contributed by atoms with van der Waals surface area (Å²) in [5.74, 6) is 1.53. The highest BCUT2D eigenvalue weighted by Crippen LogP contribution is 2.18. The minimum absolute atomic E-state index is 0.182. The zero-order valence-corrected chi connectivity index (χ0v) is 10.1. The third-order valence-corrected chi connectivity index (χ3v) is 3.51. The van der Waals surface area contributed by atoms with Gasteiger partial charge in [0, 0.05) is 25.5 Å². The van der Waals surface area contributed by atoms with Gasteiger partial charge in [-0.15, -0.1) is 0 Å². The Kier molecular flexibility index (Phi) is 3.61. The van der Waals surface area contributed by atoms with Gasteiger partial charge in [-0.2, -0.15) is 0 Å². The van der Waals surface area contributed by atoms with Gasteiger partial charge in [0.1, 0.15) is 5.82 Å². The number of aryl methyl sites for hydroxylation is 1. The minimum atomic E-state index is -0.182. The molecule has 16 heavy (non-hydrogen) atoms. The summed E-state index contributed by atoms with van der Waals surface area (Å²) in [4.78, 5) is 6.66. The van der Waals surface area contributed by atoms with Crippen LogP contribution in [0.5, 0.6) is 0 Å². The van der Waals surface area contributed by atoms with E-state index in [2.05, 4.69) is 28.3 Å². The molecule has 0 amide bonds. The lowest BCUT2D eigenvalue weighted by molar-refractivity contribution is 0.0245. The standard InChI is InChI=1S/C12H21N3O/c1-3-15-7-5-13-12(15)9-14-6-4-10(2)11(16)8-14/h5,7,10-11,16H,3-4,6,8-9H2,1-2H3. The van der Waals surface area contributed by atoms with Crippen LogP contribution < -0.4 is 0 Å². The summed E-state index contributed by atoms with van der Waals surface area (Å²) in [6.45, 7) is 7.90. The quantitative estimate of drug-likeness (QED) is 0.834. The molecule has 2 atom stereocenters. The van der Waals surface area contributed by atoms with Crippen molar-refractivity contribution >= 4 is 0 Å². The first-order valence-corrected chi connectivity index (χ1v) is 6.11. The maximum Gasteiger partial charge on any atom is 0.122 e. The molecular weight excluding hydrogens is 202 g/mol. The Morgan fingerprint density at radius 1 is 1.56 bits per heavy atom. The fraction of sp³-hybridized carbons (Fsp3) is 0.750. The van der Waals surface area contributed by atoms with Gasteiger partial charge in [-0.1, -0.05) is 6.92 Å². The molecule has 1 aromatic heterocycles.